The van der Waals surface area contributed by atoms with Crippen LogP contribution in [0.4, 0.5) is 5.69 Å². The van der Waals surface area contributed by atoms with Crippen LogP contribution in [0.15, 0.2) is 42.5 Å². The van der Waals surface area contributed by atoms with Gasteiger partial charge in [0.1, 0.15) is 0 Å². The van der Waals surface area contributed by atoms with E-state index in [0.29, 0.717) is 34.9 Å². The maximum Gasteiger partial charge on any atom is 0.336 e. The highest BCUT2D eigenvalue weighted by atomic mass is 35.5. The van der Waals surface area contributed by atoms with Gasteiger partial charge in [0.15, 0.2) is 5.82 Å². The molecule has 0 aliphatic carbocycles. The van der Waals surface area contributed by atoms with Gasteiger partial charge in [-0.05, 0) is 56.2 Å². The molecule has 0 fully saturated rings. The van der Waals surface area contributed by atoms with Gasteiger partial charge < -0.3 is 19.9 Å². The molecule has 0 spiro atoms. The highest BCUT2D eigenvalue weighted by molar-refractivity contribution is 6.42. The Kier molecular flexibility index (Phi) is 8.97. The lowest BCUT2D eigenvalue weighted by molar-refractivity contribution is 0.0112. The second-order valence-electron chi connectivity index (χ2n) is 8.43. The van der Waals surface area contributed by atoms with Crippen molar-refractivity contribution in [2.45, 2.75) is 39.9 Å². The molecule has 1 heterocycles. The van der Waals surface area contributed by atoms with Gasteiger partial charge in [-0.1, -0.05) is 43.1 Å². The second kappa shape index (κ2) is 11.7. The van der Waals surface area contributed by atoms with Crippen molar-refractivity contribution in [2.24, 2.45) is 5.92 Å². The predicted octanol–water partition coefficient (Wildman–Crippen LogP) is 5.47. The zero-order valence-electron chi connectivity index (χ0n) is 19.3. The first-order chi connectivity index (χ1) is 15.7. The Morgan fingerprint density at radius 2 is 1.82 bits per heavy atom. The number of aromatic nitrogens is 3. The van der Waals surface area contributed by atoms with Crippen molar-refractivity contribution in [3.05, 3.63) is 52.5 Å². The molecule has 1 atom stereocenters. The van der Waals surface area contributed by atoms with Gasteiger partial charge in [0, 0.05) is 17.8 Å². The van der Waals surface area contributed by atoms with Crippen LogP contribution in [-0.4, -0.2) is 51.8 Å². The first-order valence-corrected chi connectivity index (χ1v) is 11.7. The van der Waals surface area contributed by atoms with Gasteiger partial charge >= 0.3 is 6.01 Å². The van der Waals surface area contributed by atoms with Gasteiger partial charge in [-0.2, -0.15) is 4.98 Å². The summed E-state index contributed by atoms with van der Waals surface area (Å²) in [6.45, 7) is 9.13. The maximum absolute atomic E-state index is 10.1. The normalized spacial score (nSPS) is 12.4. The van der Waals surface area contributed by atoms with E-state index in [1.165, 1.54) is 0 Å². The monoisotopic (exact) mass is 492 g/mol. The molecule has 0 amide bonds. The smallest absolute Gasteiger partial charge is 0.336 e. The number of rotatable bonds is 11. The molecule has 0 aliphatic rings. The van der Waals surface area contributed by atoms with Gasteiger partial charge in [0.2, 0.25) is 0 Å². The Bertz CT molecular complexity index is 1060. The average molecular weight is 493 g/mol. The van der Waals surface area contributed by atoms with Crippen LogP contribution in [0.25, 0.3) is 17.1 Å². The molecular weight excluding hydrogens is 463 g/mol. The van der Waals surface area contributed by atoms with Crippen molar-refractivity contribution < 1.29 is 14.6 Å². The summed E-state index contributed by atoms with van der Waals surface area (Å²) in [5, 5.41) is 18.9. The van der Waals surface area contributed by atoms with Gasteiger partial charge in [-0.3, -0.25) is 0 Å². The average Bonchev–Trinajstić information content (AvgIpc) is 3.21. The van der Waals surface area contributed by atoms with Crippen molar-refractivity contribution in [3.8, 4) is 23.1 Å². The quantitative estimate of drug-likeness (QED) is 0.369. The van der Waals surface area contributed by atoms with E-state index in [1.807, 2.05) is 44.2 Å². The molecule has 2 N–H and O–H groups in total. The molecule has 0 saturated carbocycles. The number of hydrogen-bond acceptors (Lipinski definition) is 6. The standard InChI is InChI=1S/C24H30Cl2N4O3/c1-15(2)13-33-24-28-23(17-8-9-21(25)22(26)10-17)30(29-24)19-7-5-6-18(11-19)27-12-20(31)14-32-16(3)4/h5-11,15-16,20,27,31H,12-14H2,1-4H3. The molecule has 1 unspecified atom stereocenters. The van der Waals surface area contributed by atoms with Crippen LogP contribution in [0, 0.1) is 5.92 Å². The number of benzene rings is 2. The number of hydrogen-bond donors (Lipinski definition) is 2. The number of anilines is 1. The summed E-state index contributed by atoms with van der Waals surface area (Å²) in [6, 6.07) is 13.3. The molecule has 178 valence electrons. The minimum atomic E-state index is -0.620. The highest BCUT2D eigenvalue weighted by Crippen LogP contribution is 2.30. The summed E-state index contributed by atoms with van der Waals surface area (Å²) < 4.78 is 12.9. The van der Waals surface area contributed by atoms with E-state index in [0.717, 1.165) is 16.9 Å². The number of ether oxygens (including phenoxy) is 2. The summed E-state index contributed by atoms with van der Waals surface area (Å²) in [4.78, 5) is 4.60. The van der Waals surface area contributed by atoms with Crippen molar-refractivity contribution in [2.75, 3.05) is 25.1 Å². The van der Waals surface area contributed by atoms with Crippen LogP contribution < -0.4 is 10.1 Å². The van der Waals surface area contributed by atoms with Crippen molar-refractivity contribution in [3.63, 3.8) is 0 Å². The molecule has 1 aromatic heterocycles. The maximum atomic E-state index is 10.1. The lowest BCUT2D eigenvalue weighted by Gasteiger charge is -2.15. The number of halogens is 2. The topological polar surface area (TPSA) is 81.4 Å². The predicted molar refractivity (Wildman–Crippen MR) is 133 cm³/mol. The van der Waals surface area contributed by atoms with Crippen LogP contribution >= 0.6 is 23.2 Å². The number of aliphatic hydroxyl groups excluding tert-OH is 1. The fraction of sp³-hybridized carbons (Fsp3) is 0.417. The first-order valence-electron chi connectivity index (χ1n) is 10.9. The van der Waals surface area contributed by atoms with Crippen LogP contribution in [0.1, 0.15) is 27.7 Å². The van der Waals surface area contributed by atoms with E-state index in [2.05, 4.69) is 29.2 Å². The Morgan fingerprint density at radius 1 is 1.03 bits per heavy atom. The molecule has 33 heavy (non-hydrogen) atoms. The number of aliphatic hydroxyl groups is 1. The number of nitrogens with one attached hydrogen (secondary N) is 1. The minimum absolute atomic E-state index is 0.0715. The second-order valence-corrected chi connectivity index (χ2v) is 9.25. The van der Waals surface area contributed by atoms with Crippen molar-refractivity contribution in [1.82, 2.24) is 14.8 Å². The highest BCUT2D eigenvalue weighted by Gasteiger charge is 2.17. The van der Waals surface area contributed by atoms with E-state index < -0.39 is 6.10 Å². The first kappa shape index (κ1) is 25.3. The largest absolute Gasteiger partial charge is 0.462 e. The molecule has 2 aromatic carbocycles. The molecule has 0 bridgehead atoms. The fourth-order valence-electron chi connectivity index (χ4n) is 2.94. The third-order valence-corrected chi connectivity index (χ3v) is 5.30. The van der Waals surface area contributed by atoms with E-state index in [9.17, 15) is 5.11 Å². The third-order valence-electron chi connectivity index (χ3n) is 4.57. The van der Waals surface area contributed by atoms with Gasteiger partial charge in [0.25, 0.3) is 0 Å². The fourth-order valence-corrected chi connectivity index (χ4v) is 3.24. The summed E-state index contributed by atoms with van der Waals surface area (Å²) in [6.07, 6.45) is -0.549. The zero-order valence-corrected chi connectivity index (χ0v) is 20.8. The zero-order chi connectivity index (χ0) is 24.0. The van der Waals surface area contributed by atoms with Crippen LogP contribution in [0.5, 0.6) is 6.01 Å². The van der Waals surface area contributed by atoms with E-state index >= 15 is 0 Å². The molecule has 9 heteroatoms. The molecule has 3 aromatic rings. The molecule has 0 saturated heterocycles. The molecular formula is C24H30Cl2N4O3. The Labute approximate surface area is 204 Å². The summed E-state index contributed by atoms with van der Waals surface area (Å²) in [7, 11) is 0. The molecule has 0 aliphatic heterocycles. The van der Waals surface area contributed by atoms with Gasteiger partial charge in [0.05, 0.1) is 41.2 Å². The summed E-state index contributed by atoms with van der Waals surface area (Å²) in [5.74, 6) is 0.916. The van der Waals surface area contributed by atoms with Gasteiger partial charge in [-0.15, -0.1) is 5.10 Å². The summed E-state index contributed by atoms with van der Waals surface area (Å²) in [5.41, 5.74) is 2.37. The minimum Gasteiger partial charge on any atom is -0.462 e. The lowest BCUT2D eigenvalue weighted by Crippen LogP contribution is -2.26. The Hall–Kier alpha value is -2.32. The van der Waals surface area contributed by atoms with Crippen molar-refractivity contribution >= 4 is 28.9 Å². The molecule has 7 nitrogen and oxygen atoms in total. The third kappa shape index (κ3) is 7.33. The number of nitrogens with zero attached hydrogens (tertiary/aromatic N) is 3. The van der Waals surface area contributed by atoms with Crippen molar-refractivity contribution in [1.29, 1.82) is 0 Å². The summed E-state index contributed by atoms with van der Waals surface area (Å²) >= 11 is 12.3. The van der Waals surface area contributed by atoms with E-state index in [1.54, 1.807) is 16.8 Å². The Balaban J connectivity index is 1.87. The van der Waals surface area contributed by atoms with Crippen LogP contribution in [0.3, 0.4) is 0 Å². The van der Waals surface area contributed by atoms with Crippen LogP contribution in [0.2, 0.25) is 10.0 Å². The molecule has 3 rings (SSSR count). The Morgan fingerprint density at radius 3 is 2.52 bits per heavy atom. The van der Waals surface area contributed by atoms with E-state index in [4.69, 9.17) is 32.7 Å². The van der Waals surface area contributed by atoms with Crippen LogP contribution in [-0.2, 0) is 4.74 Å². The van der Waals surface area contributed by atoms with Gasteiger partial charge in [-0.25, -0.2) is 4.68 Å². The lowest BCUT2D eigenvalue weighted by atomic mass is 10.2. The van der Waals surface area contributed by atoms with E-state index in [-0.39, 0.29) is 18.7 Å². The SMILES string of the molecule is CC(C)COc1nc(-c2ccc(Cl)c(Cl)c2)n(-c2cccc(NCC(O)COC(C)C)c2)n1. The molecule has 0 radical (unpaired) electrons.